The molecule has 0 spiro atoms. The van der Waals surface area contributed by atoms with Gasteiger partial charge in [0.2, 0.25) is 5.76 Å². The molecular formula is C9H14BrClN2O2. The molecule has 2 N–H and O–H groups in total. The maximum absolute atomic E-state index is 11.8. The predicted molar refractivity (Wildman–Crippen MR) is 64.3 cm³/mol. The molecule has 0 radical (unpaired) electrons. The second-order valence-electron chi connectivity index (χ2n) is 3.10. The number of rotatable bonds is 3. The zero-order valence-corrected chi connectivity index (χ0v) is 11.0. The topological polar surface area (TPSA) is 59.5 Å². The molecule has 86 valence electrons. The molecule has 0 aliphatic heterocycles. The van der Waals surface area contributed by atoms with Crippen LogP contribution >= 0.6 is 28.3 Å². The summed E-state index contributed by atoms with van der Waals surface area (Å²) >= 11 is 3.23. The highest BCUT2D eigenvalue weighted by Gasteiger charge is 2.21. The predicted octanol–water partition coefficient (Wildman–Crippen LogP) is 1.88. The number of furan rings is 1. The number of likely N-dealkylation sites (N-methyl/N-ethyl adjacent to an activating group) is 1. The van der Waals surface area contributed by atoms with Crippen LogP contribution in [0.1, 0.15) is 17.5 Å². The van der Waals surface area contributed by atoms with E-state index in [-0.39, 0.29) is 24.4 Å². The third-order valence-corrected chi connectivity index (χ3v) is 2.76. The van der Waals surface area contributed by atoms with Crippen molar-refractivity contribution >= 4 is 34.2 Å². The minimum atomic E-state index is -0.167. The van der Waals surface area contributed by atoms with E-state index < -0.39 is 0 Å². The van der Waals surface area contributed by atoms with Crippen LogP contribution in [0.2, 0.25) is 0 Å². The normalized spacial score (nSPS) is 11.7. The zero-order chi connectivity index (χ0) is 10.7. The molecule has 0 saturated heterocycles. The lowest BCUT2D eigenvalue weighted by atomic mass is 10.3. The summed E-state index contributed by atoms with van der Waals surface area (Å²) in [6, 6.07) is 1.69. The summed E-state index contributed by atoms with van der Waals surface area (Å²) in [7, 11) is 1.70. The van der Waals surface area contributed by atoms with Crippen molar-refractivity contribution in [3.8, 4) is 0 Å². The molecule has 1 aromatic rings. The van der Waals surface area contributed by atoms with E-state index in [0.717, 1.165) is 0 Å². The van der Waals surface area contributed by atoms with E-state index in [1.54, 1.807) is 18.0 Å². The van der Waals surface area contributed by atoms with Gasteiger partial charge in [-0.3, -0.25) is 4.79 Å². The first-order chi connectivity index (χ1) is 6.57. The van der Waals surface area contributed by atoms with Crippen molar-refractivity contribution in [2.45, 2.75) is 13.0 Å². The number of nitrogens with two attached hydrogens (primary N) is 1. The highest BCUT2D eigenvalue weighted by atomic mass is 79.9. The zero-order valence-electron chi connectivity index (χ0n) is 8.57. The minimum absolute atomic E-state index is 0. The number of hydrogen-bond acceptors (Lipinski definition) is 3. The van der Waals surface area contributed by atoms with Crippen LogP contribution in [0.3, 0.4) is 0 Å². The summed E-state index contributed by atoms with van der Waals surface area (Å²) in [5, 5.41) is 0. The fraction of sp³-hybridized carbons (Fsp3) is 0.444. The van der Waals surface area contributed by atoms with Crippen LogP contribution in [-0.2, 0) is 0 Å². The lowest BCUT2D eigenvalue weighted by Crippen LogP contribution is -2.39. The molecule has 1 atom stereocenters. The molecule has 1 unspecified atom stereocenters. The van der Waals surface area contributed by atoms with Crippen molar-refractivity contribution < 1.29 is 9.21 Å². The van der Waals surface area contributed by atoms with Gasteiger partial charge in [0, 0.05) is 19.6 Å². The van der Waals surface area contributed by atoms with E-state index in [1.807, 2.05) is 6.92 Å². The monoisotopic (exact) mass is 296 g/mol. The Labute approximate surface area is 103 Å². The maximum Gasteiger partial charge on any atom is 0.290 e. The van der Waals surface area contributed by atoms with Crippen LogP contribution in [0.4, 0.5) is 0 Å². The van der Waals surface area contributed by atoms with E-state index in [0.29, 0.717) is 16.8 Å². The van der Waals surface area contributed by atoms with Crippen LogP contribution in [-0.4, -0.2) is 30.4 Å². The van der Waals surface area contributed by atoms with E-state index in [4.69, 9.17) is 10.2 Å². The number of carbonyl (C=O) groups excluding carboxylic acids is 1. The standard InChI is InChI=1S/C9H13BrN2O2.ClH/c1-6(5-11)12(2)9(13)8-7(10)3-4-14-8;/h3-4,6H,5,11H2,1-2H3;1H. The van der Waals surface area contributed by atoms with Gasteiger partial charge in [-0.15, -0.1) is 12.4 Å². The second kappa shape index (κ2) is 6.15. The van der Waals surface area contributed by atoms with E-state index in [9.17, 15) is 4.79 Å². The first-order valence-corrected chi connectivity index (χ1v) is 5.07. The third-order valence-electron chi connectivity index (χ3n) is 2.13. The molecule has 1 heterocycles. The van der Waals surface area contributed by atoms with Crippen LogP contribution < -0.4 is 5.73 Å². The van der Waals surface area contributed by atoms with Crippen LogP contribution in [0.15, 0.2) is 21.2 Å². The lowest BCUT2D eigenvalue weighted by Gasteiger charge is -2.22. The summed E-state index contributed by atoms with van der Waals surface area (Å²) in [5.41, 5.74) is 5.47. The molecule has 1 amide bonds. The number of halogens is 2. The lowest BCUT2D eigenvalue weighted by molar-refractivity contribution is 0.0715. The first-order valence-electron chi connectivity index (χ1n) is 4.28. The van der Waals surface area contributed by atoms with Crippen LogP contribution in [0.5, 0.6) is 0 Å². The van der Waals surface area contributed by atoms with Gasteiger partial charge in [-0.25, -0.2) is 0 Å². The van der Waals surface area contributed by atoms with Gasteiger partial charge >= 0.3 is 0 Å². The highest BCUT2D eigenvalue weighted by molar-refractivity contribution is 9.10. The molecule has 6 heteroatoms. The van der Waals surface area contributed by atoms with Gasteiger partial charge in [0.1, 0.15) is 0 Å². The molecule has 0 aliphatic rings. The quantitative estimate of drug-likeness (QED) is 0.927. The van der Waals surface area contributed by atoms with Gasteiger partial charge in [-0.2, -0.15) is 0 Å². The van der Waals surface area contributed by atoms with Gasteiger partial charge in [-0.05, 0) is 28.9 Å². The third kappa shape index (κ3) is 3.22. The summed E-state index contributed by atoms with van der Waals surface area (Å²) < 4.78 is 5.73. The Bertz CT molecular complexity index is 330. The Morgan fingerprint density at radius 3 is 2.73 bits per heavy atom. The minimum Gasteiger partial charge on any atom is -0.458 e. The maximum atomic E-state index is 11.8. The van der Waals surface area contributed by atoms with Gasteiger partial charge in [0.25, 0.3) is 5.91 Å². The average Bonchev–Trinajstić information content (AvgIpc) is 2.61. The molecule has 1 rings (SSSR count). The molecule has 0 aromatic carbocycles. The molecule has 4 nitrogen and oxygen atoms in total. The fourth-order valence-electron chi connectivity index (χ4n) is 0.965. The largest absolute Gasteiger partial charge is 0.458 e. The number of carbonyl (C=O) groups is 1. The molecule has 0 bridgehead atoms. The van der Waals surface area contributed by atoms with Gasteiger partial charge in [-0.1, -0.05) is 0 Å². The van der Waals surface area contributed by atoms with Gasteiger partial charge in [0.15, 0.2) is 0 Å². The van der Waals surface area contributed by atoms with Crippen molar-refractivity contribution in [2.75, 3.05) is 13.6 Å². The van der Waals surface area contributed by atoms with Gasteiger partial charge < -0.3 is 15.1 Å². The van der Waals surface area contributed by atoms with Crippen molar-refractivity contribution in [3.05, 3.63) is 22.6 Å². The van der Waals surface area contributed by atoms with E-state index >= 15 is 0 Å². The number of hydrogen-bond donors (Lipinski definition) is 1. The Morgan fingerprint density at radius 1 is 1.73 bits per heavy atom. The Hall–Kier alpha value is -0.520. The van der Waals surface area contributed by atoms with E-state index in [1.165, 1.54) is 6.26 Å². The van der Waals surface area contributed by atoms with Crippen molar-refractivity contribution in [1.82, 2.24) is 4.90 Å². The second-order valence-corrected chi connectivity index (χ2v) is 3.95. The Kier molecular flexibility index (Phi) is 5.93. The van der Waals surface area contributed by atoms with Crippen molar-refractivity contribution in [1.29, 1.82) is 0 Å². The number of nitrogens with zero attached hydrogens (tertiary/aromatic N) is 1. The first kappa shape index (κ1) is 14.5. The van der Waals surface area contributed by atoms with Crippen molar-refractivity contribution in [3.63, 3.8) is 0 Å². The fourth-order valence-corrected chi connectivity index (χ4v) is 1.34. The Balaban J connectivity index is 0.00000196. The van der Waals surface area contributed by atoms with Crippen LogP contribution in [0, 0.1) is 0 Å². The van der Waals surface area contributed by atoms with Crippen LogP contribution in [0.25, 0.3) is 0 Å². The molecule has 0 saturated carbocycles. The molecule has 1 aromatic heterocycles. The summed E-state index contributed by atoms with van der Waals surface area (Å²) in [6.07, 6.45) is 1.47. The summed E-state index contributed by atoms with van der Waals surface area (Å²) in [5.74, 6) is 0.146. The SMILES string of the molecule is CC(CN)N(C)C(=O)c1occc1Br.Cl. The Morgan fingerprint density at radius 2 is 2.33 bits per heavy atom. The molecule has 0 fully saturated rings. The smallest absolute Gasteiger partial charge is 0.290 e. The molecule has 0 aliphatic carbocycles. The molecular weight excluding hydrogens is 283 g/mol. The van der Waals surface area contributed by atoms with Crippen molar-refractivity contribution in [2.24, 2.45) is 5.73 Å². The summed E-state index contributed by atoms with van der Waals surface area (Å²) in [6.45, 7) is 2.31. The van der Waals surface area contributed by atoms with Gasteiger partial charge in [0.05, 0.1) is 10.7 Å². The van der Waals surface area contributed by atoms with E-state index in [2.05, 4.69) is 15.9 Å². The average molecular weight is 298 g/mol. The number of amides is 1. The molecule has 15 heavy (non-hydrogen) atoms. The highest BCUT2D eigenvalue weighted by Crippen LogP contribution is 2.19. The summed E-state index contributed by atoms with van der Waals surface area (Å²) in [4.78, 5) is 13.3.